The molecule has 0 aromatic carbocycles. The van der Waals surface area contributed by atoms with Gasteiger partial charge < -0.3 is 14.9 Å². The molecule has 0 saturated heterocycles. The van der Waals surface area contributed by atoms with Gasteiger partial charge in [-0.3, -0.25) is 14.6 Å². The molecule has 0 aromatic rings. The molecule has 0 rings (SSSR count). The summed E-state index contributed by atoms with van der Waals surface area (Å²) in [6, 6.07) is -0.00502. The molecule has 0 aliphatic heterocycles. The van der Waals surface area contributed by atoms with Crippen LogP contribution in [0.1, 0.15) is 189 Å². The van der Waals surface area contributed by atoms with E-state index in [-0.39, 0.29) is 18.1 Å². The fraction of sp³-hybridized carbons (Fsp3) is 0.974. The van der Waals surface area contributed by atoms with Crippen molar-refractivity contribution in [3.05, 3.63) is 0 Å². The molecule has 45 heavy (non-hydrogen) atoms. The Kier molecular flexibility index (Phi) is 31.4. The Balaban J connectivity index is 5.97. The molecular formula is C39H80N2O4. The third-order valence-electron chi connectivity index (χ3n) is 9.73. The molecule has 0 radical (unpaired) electrons. The summed E-state index contributed by atoms with van der Waals surface area (Å²) in [7, 11) is 1.46. The van der Waals surface area contributed by atoms with Gasteiger partial charge in [-0.25, -0.2) is 0 Å². The Bertz CT molecular complexity index is 614. The largest absolute Gasteiger partial charge is 0.469 e. The second kappa shape index (κ2) is 31.9. The van der Waals surface area contributed by atoms with E-state index in [1.165, 1.54) is 77.7 Å². The van der Waals surface area contributed by atoms with Crippen LogP contribution in [0.25, 0.3) is 0 Å². The molecular weight excluding hydrogens is 560 g/mol. The second-order valence-corrected chi connectivity index (χ2v) is 13.7. The number of ether oxygens (including phenoxy) is 1. The first-order valence-corrected chi connectivity index (χ1v) is 19.8. The van der Waals surface area contributed by atoms with E-state index < -0.39 is 12.2 Å². The van der Waals surface area contributed by atoms with Crippen molar-refractivity contribution < 1.29 is 19.7 Å². The lowest BCUT2D eigenvalue weighted by Crippen LogP contribution is -2.56. The lowest BCUT2D eigenvalue weighted by atomic mass is 9.89. The summed E-state index contributed by atoms with van der Waals surface area (Å²) in [6.07, 6.45) is 25.1. The molecule has 0 spiro atoms. The molecule has 6 heteroatoms. The van der Waals surface area contributed by atoms with Crippen molar-refractivity contribution in [1.29, 1.82) is 0 Å². The molecule has 4 unspecified atom stereocenters. The van der Waals surface area contributed by atoms with Crippen molar-refractivity contribution in [2.75, 3.05) is 33.3 Å². The second-order valence-electron chi connectivity index (χ2n) is 13.7. The average molecular weight is 641 g/mol. The van der Waals surface area contributed by atoms with Crippen LogP contribution in [0, 0.1) is 0 Å². The Hall–Kier alpha value is -0.690. The van der Waals surface area contributed by atoms with Gasteiger partial charge in [0.2, 0.25) is 0 Å². The number of hydrogen-bond donors (Lipinski definition) is 2. The van der Waals surface area contributed by atoms with Gasteiger partial charge >= 0.3 is 5.97 Å². The smallest absolute Gasteiger partial charge is 0.305 e. The number of esters is 1. The first-order chi connectivity index (χ1) is 21.9. The van der Waals surface area contributed by atoms with Crippen LogP contribution in [0.5, 0.6) is 0 Å². The van der Waals surface area contributed by atoms with Crippen LogP contribution in [0.15, 0.2) is 0 Å². The summed E-state index contributed by atoms with van der Waals surface area (Å²) in [4.78, 5) is 16.6. The minimum absolute atomic E-state index is 0.0134. The number of aliphatic hydroxyl groups is 2. The molecule has 0 saturated carbocycles. The van der Waals surface area contributed by atoms with Gasteiger partial charge in [-0.2, -0.15) is 0 Å². The highest BCUT2D eigenvalue weighted by molar-refractivity contribution is 5.68. The van der Waals surface area contributed by atoms with E-state index in [9.17, 15) is 15.0 Å². The van der Waals surface area contributed by atoms with Crippen LogP contribution < -0.4 is 0 Å². The van der Waals surface area contributed by atoms with Crippen molar-refractivity contribution in [1.82, 2.24) is 9.80 Å². The Labute approximate surface area is 281 Å². The fourth-order valence-electron chi connectivity index (χ4n) is 6.78. The minimum Gasteiger partial charge on any atom is -0.469 e. The van der Waals surface area contributed by atoms with Gasteiger partial charge in [-0.1, -0.05) is 137 Å². The Morgan fingerprint density at radius 2 is 0.800 bits per heavy atom. The number of nitrogens with zero attached hydrogens (tertiary/aromatic N) is 2. The van der Waals surface area contributed by atoms with Gasteiger partial charge in [-0.15, -0.1) is 0 Å². The van der Waals surface area contributed by atoms with Gasteiger partial charge in [0.25, 0.3) is 0 Å². The van der Waals surface area contributed by atoms with E-state index in [0.29, 0.717) is 6.42 Å². The number of unbranched alkanes of at least 4 members (excludes halogenated alkanes) is 15. The maximum Gasteiger partial charge on any atom is 0.305 e. The normalized spacial score (nSPS) is 14.6. The fourth-order valence-corrected chi connectivity index (χ4v) is 6.78. The predicted molar refractivity (Wildman–Crippen MR) is 194 cm³/mol. The lowest BCUT2D eigenvalue weighted by Gasteiger charge is -2.42. The molecule has 0 bridgehead atoms. The summed E-state index contributed by atoms with van der Waals surface area (Å²) < 4.78 is 4.79. The first kappa shape index (κ1) is 44.3. The first-order valence-electron chi connectivity index (χ1n) is 19.8. The molecule has 2 N–H and O–H groups in total. The van der Waals surface area contributed by atoms with Gasteiger partial charge in [0, 0.05) is 18.5 Å². The van der Waals surface area contributed by atoms with E-state index in [2.05, 4.69) is 44.4 Å². The highest BCUT2D eigenvalue weighted by atomic mass is 16.5. The monoisotopic (exact) mass is 641 g/mol. The third kappa shape index (κ3) is 22.5. The lowest BCUT2D eigenvalue weighted by molar-refractivity contribution is -0.140. The molecule has 0 amide bonds. The van der Waals surface area contributed by atoms with Crippen molar-refractivity contribution >= 4 is 5.97 Å². The topological polar surface area (TPSA) is 73.2 Å². The van der Waals surface area contributed by atoms with Crippen LogP contribution in [-0.4, -0.2) is 83.6 Å². The van der Waals surface area contributed by atoms with Crippen LogP contribution in [0.2, 0.25) is 0 Å². The van der Waals surface area contributed by atoms with Crippen LogP contribution in [-0.2, 0) is 9.53 Å². The quantitative estimate of drug-likeness (QED) is 0.0539. The maximum atomic E-state index is 12.2. The summed E-state index contributed by atoms with van der Waals surface area (Å²) in [5.74, 6) is -0.121. The number of carbonyl (C=O) groups is 1. The maximum absolute atomic E-state index is 12.2. The van der Waals surface area contributed by atoms with Crippen molar-refractivity contribution in [2.45, 2.75) is 213 Å². The Morgan fingerprint density at radius 1 is 0.489 bits per heavy atom. The van der Waals surface area contributed by atoms with E-state index in [0.717, 1.165) is 103 Å². The zero-order valence-corrected chi connectivity index (χ0v) is 31.2. The number of hydrogen-bond acceptors (Lipinski definition) is 6. The van der Waals surface area contributed by atoms with E-state index in [4.69, 9.17) is 4.74 Å². The molecule has 0 aliphatic carbocycles. The van der Waals surface area contributed by atoms with Gasteiger partial charge in [0.1, 0.15) is 0 Å². The Morgan fingerprint density at radius 3 is 1.16 bits per heavy atom. The highest BCUT2D eigenvalue weighted by Crippen LogP contribution is 2.25. The van der Waals surface area contributed by atoms with Gasteiger partial charge in [0.05, 0.1) is 19.3 Å². The van der Waals surface area contributed by atoms with Crippen LogP contribution in [0.3, 0.4) is 0 Å². The molecule has 0 fully saturated rings. The van der Waals surface area contributed by atoms with E-state index in [1.807, 2.05) is 0 Å². The third-order valence-corrected chi connectivity index (χ3v) is 9.73. The number of carbonyl (C=O) groups excluding carboxylic acids is 1. The summed E-state index contributed by atoms with van der Waals surface area (Å²) in [5.41, 5.74) is 0. The van der Waals surface area contributed by atoms with Gasteiger partial charge in [0.15, 0.2) is 0 Å². The molecule has 0 heterocycles. The minimum atomic E-state index is -0.747. The van der Waals surface area contributed by atoms with Crippen LogP contribution >= 0.6 is 0 Å². The molecule has 0 aliphatic rings. The van der Waals surface area contributed by atoms with E-state index >= 15 is 0 Å². The van der Waals surface area contributed by atoms with Crippen molar-refractivity contribution in [2.24, 2.45) is 0 Å². The molecule has 270 valence electrons. The predicted octanol–water partition coefficient (Wildman–Crippen LogP) is 9.68. The van der Waals surface area contributed by atoms with Crippen LogP contribution in [0.4, 0.5) is 0 Å². The molecule has 6 nitrogen and oxygen atoms in total. The molecule has 0 aromatic heterocycles. The van der Waals surface area contributed by atoms with Crippen molar-refractivity contribution in [3.63, 3.8) is 0 Å². The van der Waals surface area contributed by atoms with E-state index in [1.54, 1.807) is 0 Å². The zero-order valence-electron chi connectivity index (χ0n) is 31.2. The SMILES string of the molecule is CCCCCCC(C(O)C(O)C(CCCCCCCC(=O)OC)N(CCCCC)CCCCC)N(CCCCC)CCCCC. The standard InChI is InChI=1S/C39H80N2O4/c1-7-12-17-21-28-35(40(31-24-13-8-2)32-25-14-9-3)38(43)39(44)36(29-22-19-18-20-23-30-37(42)45-6)41(33-26-15-10-4)34-27-16-11-5/h35-36,38-39,43-44H,7-34H2,1-6H3. The average Bonchev–Trinajstić information content (AvgIpc) is 3.04. The highest BCUT2D eigenvalue weighted by Gasteiger charge is 2.37. The molecule has 4 atom stereocenters. The summed E-state index contributed by atoms with van der Waals surface area (Å²) in [6.45, 7) is 15.3. The zero-order chi connectivity index (χ0) is 33.5. The number of methoxy groups -OCH3 is 1. The number of aliphatic hydroxyl groups excluding tert-OH is 2. The van der Waals surface area contributed by atoms with Gasteiger partial charge in [-0.05, 0) is 71.1 Å². The number of rotatable bonds is 34. The summed E-state index contributed by atoms with van der Waals surface area (Å²) in [5, 5.41) is 24.4. The van der Waals surface area contributed by atoms with Crippen molar-refractivity contribution in [3.8, 4) is 0 Å². The summed E-state index contributed by atoms with van der Waals surface area (Å²) >= 11 is 0.